The summed E-state index contributed by atoms with van der Waals surface area (Å²) in [5.74, 6) is -0.512. The third-order valence-electron chi connectivity index (χ3n) is 2.99. The van der Waals surface area contributed by atoms with Crippen molar-refractivity contribution in [3.05, 3.63) is 58.4 Å². The Bertz CT molecular complexity index is 659. The molecule has 0 atom stereocenters. The molecule has 0 aliphatic heterocycles. The van der Waals surface area contributed by atoms with Crippen molar-refractivity contribution in [3.63, 3.8) is 0 Å². The number of nitrogens with one attached hydrogen (secondary N) is 1. The van der Waals surface area contributed by atoms with E-state index >= 15 is 0 Å². The first-order valence-electron chi connectivity index (χ1n) is 6.17. The first-order chi connectivity index (χ1) is 10.0. The largest absolute Gasteiger partial charge is 0.497 e. The summed E-state index contributed by atoms with van der Waals surface area (Å²) in [6, 6.07) is 9.92. The van der Waals surface area contributed by atoms with Crippen LogP contribution in [-0.4, -0.2) is 13.0 Å². The molecule has 4 nitrogen and oxygen atoms in total. The molecule has 2 aromatic rings. The molecule has 0 spiro atoms. The van der Waals surface area contributed by atoms with E-state index in [1.54, 1.807) is 19.2 Å². The smallest absolute Gasteiger partial charge is 0.253 e. The number of hydrogen-bond acceptors (Lipinski definition) is 3. The molecule has 0 aliphatic rings. The van der Waals surface area contributed by atoms with Gasteiger partial charge in [-0.15, -0.1) is 0 Å². The van der Waals surface area contributed by atoms with E-state index in [0.717, 1.165) is 11.3 Å². The van der Waals surface area contributed by atoms with Gasteiger partial charge in [-0.3, -0.25) is 4.79 Å². The van der Waals surface area contributed by atoms with Crippen molar-refractivity contribution in [1.29, 1.82) is 0 Å². The van der Waals surface area contributed by atoms with E-state index in [0.29, 0.717) is 6.54 Å². The van der Waals surface area contributed by atoms with Gasteiger partial charge in [0, 0.05) is 6.54 Å². The molecule has 0 saturated carbocycles. The van der Waals surface area contributed by atoms with Gasteiger partial charge in [0.05, 0.1) is 23.4 Å². The van der Waals surface area contributed by atoms with Crippen LogP contribution in [0.5, 0.6) is 5.75 Å². The van der Waals surface area contributed by atoms with E-state index in [1.165, 1.54) is 12.1 Å². The number of nitrogens with two attached hydrogens (primary N) is 1. The van der Waals surface area contributed by atoms with Crippen LogP contribution < -0.4 is 15.8 Å². The lowest BCUT2D eigenvalue weighted by molar-refractivity contribution is 0.0951. The molecule has 0 heterocycles. The topological polar surface area (TPSA) is 64.3 Å². The van der Waals surface area contributed by atoms with Crippen LogP contribution in [0, 0.1) is 5.82 Å². The molecular weight excluding hydrogens is 295 g/mol. The zero-order valence-corrected chi connectivity index (χ0v) is 12.1. The number of hydrogen-bond donors (Lipinski definition) is 2. The number of carbonyl (C=O) groups is 1. The summed E-state index contributed by atoms with van der Waals surface area (Å²) in [5.41, 5.74) is 6.25. The lowest BCUT2D eigenvalue weighted by Gasteiger charge is -2.09. The molecule has 0 saturated heterocycles. The van der Waals surface area contributed by atoms with Gasteiger partial charge in [-0.2, -0.15) is 0 Å². The van der Waals surface area contributed by atoms with E-state index in [-0.39, 0.29) is 16.3 Å². The van der Waals surface area contributed by atoms with E-state index < -0.39 is 11.7 Å². The van der Waals surface area contributed by atoms with Crippen molar-refractivity contribution in [2.24, 2.45) is 0 Å². The van der Waals surface area contributed by atoms with Crippen LogP contribution in [-0.2, 0) is 6.54 Å². The predicted molar refractivity (Wildman–Crippen MR) is 80.0 cm³/mol. The van der Waals surface area contributed by atoms with Gasteiger partial charge in [-0.25, -0.2) is 4.39 Å². The summed E-state index contributed by atoms with van der Waals surface area (Å²) in [6.45, 7) is 0.298. The van der Waals surface area contributed by atoms with Crippen LogP contribution in [0.25, 0.3) is 0 Å². The molecule has 110 valence electrons. The number of halogens is 2. The molecule has 6 heteroatoms. The molecule has 21 heavy (non-hydrogen) atoms. The molecular formula is C15H14ClFN2O2. The number of rotatable bonds is 4. The summed E-state index contributed by atoms with van der Waals surface area (Å²) in [5, 5.41) is 2.56. The Balaban J connectivity index is 2.06. The lowest BCUT2D eigenvalue weighted by atomic mass is 10.1. The van der Waals surface area contributed by atoms with Crippen molar-refractivity contribution in [3.8, 4) is 5.75 Å². The van der Waals surface area contributed by atoms with Crippen LogP contribution in [0.2, 0.25) is 5.02 Å². The molecule has 0 radical (unpaired) electrons. The number of benzene rings is 2. The van der Waals surface area contributed by atoms with Gasteiger partial charge in [0.2, 0.25) is 0 Å². The fourth-order valence-corrected chi connectivity index (χ4v) is 1.95. The summed E-state index contributed by atoms with van der Waals surface area (Å²) in [4.78, 5) is 12.0. The Labute approximate surface area is 126 Å². The first kappa shape index (κ1) is 15.1. The Morgan fingerprint density at radius 3 is 2.57 bits per heavy atom. The quantitative estimate of drug-likeness (QED) is 0.853. The minimum atomic E-state index is -0.784. The Hall–Kier alpha value is -2.27. The molecule has 3 N–H and O–H groups in total. The number of amides is 1. The third kappa shape index (κ3) is 3.44. The fourth-order valence-electron chi connectivity index (χ4n) is 1.79. The Morgan fingerprint density at radius 1 is 1.29 bits per heavy atom. The number of carbonyl (C=O) groups excluding carboxylic acids is 1. The maximum Gasteiger partial charge on any atom is 0.253 e. The van der Waals surface area contributed by atoms with Crippen molar-refractivity contribution in [2.45, 2.75) is 6.54 Å². The lowest BCUT2D eigenvalue weighted by Crippen LogP contribution is -2.24. The molecule has 1 amide bonds. The van der Waals surface area contributed by atoms with E-state index in [1.807, 2.05) is 12.1 Å². The van der Waals surface area contributed by atoms with E-state index in [9.17, 15) is 9.18 Å². The van der Waals surface area contributed by atoms with Crippen molar-refractivity contribution >= 4 is 23.2 Å². The standard InChI is InChI=1S/C15H14ClFN2O2/c1-21-10-4-2-9(3-5-10)8-19-15(20)11-6-7-12(16)13(17)14(11)18/h2-7H,8,18H2,1H3,(H,19,20). The molecule has 2 rings (SSSR count). The van der Waals surface area contributed by atoms with Crippen molar-refractivity contribution < 1.29 is 13.9 Å². The minimum Gasteiger partial charge on any atom is -0.497 e. The second-order valence-corrected chi connectivity index (χ2v) is 4.76. The fraction of sp³-hybridized carbons (Fsp3) is 0.133. The normalized spacial score (nSPS) is 10.2. The molecule has 0 aliphatic carbocycles. The number of nitrogen functional groups attached to an aromatic ring is 1. The highest BCUT2D eigenvalue weighted by molar-refractivity contribution is 6.31. The van der Waals surface area contributed by atoms with Crippen molar-refractivity contribution in [1.82, 2.24) is 5.32 Å². The van der Waals surface area contributed by atoms with Gasteiger partial charge < -0.3 is 15.8 Å². The molecule has 0 unspecified atom stereocenters. The second-order valence-electron chi connectivity index (χ2n) is 4.35. The zero-order valence-electron chi connectivity index (χ0n) is 11.3. The van der Waals surface area contributed by atoms with Crippen LogP contribution in [0.4, 0.5) is 10.1 Å². The highest BCUT2D eigenvalue weighted by Gasteiger charge is 2.15. The highest BCUT2D eigenvalue weighted by atomic mass is 35.5. The Kier molecular flexibility index (Phi) is 4.65. The summed E-state index contributed by atoms with van der Waals surface area (Å²) in [6.07, 6.45) is 0. The van der Waals surface area contributed by atoms with E-state index in [2.05, 4.69) is 5.32 Å². The number of methoxy groups -OCH3 is 1. The average molecular weight is 309 g/mol. The van der Waals surface area contributed by atoms with Gasteiger partial charge in [0.25, 0.3) is 5.91 Å². The predicted octanol–water partition coefficient (Wildman–Crippen LogP) is 3.00. The van der Waals surface area contributed by atoms with Crippen LogP contribution in [0.3, 0.4) is 0 Å². The second kappa shape index (κ2) is 6.45. The SMILES string of the molecule is COc1ccc(CNC(=O)c2ccc(Cl)c(F)c2N)cc1. The van der Waals surface area contributed by atoms with Gasteiger partial charge in [-0.05, 0) is 29.8 Å². The van der Waals surface area contributed by atoms with Gasteiger partial charge >= 0.3 is 0 Å². The minimum absolute atomic E-state index is 0.0606. The first-order valence-corrected chi connectivity index (χ1v) is 6.55. The van der Waals surface area contributed by atoms with Gasteiger partial charge in [0.15, 0.2) is 5.82 Å². The molecule has 0 bridgehead atoms. The Morgan fingerprint density at radius 2 is 1.95 bits per heavy atom. The maximum absolute atomic E-state index is 13.5. The van der Waals surface area contributed by atoms with Crippen LogP contribution in [0.15, 0.2) is 36.4 Å². The highest BCUT2D eigenvalue weighted by Crippen LogP contribution is 2.23. The van der Waals surface area contributed by atoms with Gasteiger partial charge in [0.1, 0.15) is 5.75 Å². The summed E-state index contributed by atoms with van der Waals surface area (Å²) < 4.78 is 18.6. The number of ether oxygens (including phenoxy) is 1. The molecule has 0 aromatic heterocycles. The summed E-state index contributed by atoms with van der Waals surface area (Å²) >= 11 is 5.59. The average Bonchev–Trinajstić information content (AvgIpc) is 2.51. The third-order valence-corrected chi connectivity index (χ3v) is 3.28. The van der Waals surface area contributed by atoms with Gasteiger partial charge in [-0.1, -0.05) is 23.7 Å². The number of anilines is 1. The van der Waals surface area contributed by atoms with Crippen LogP contribution >= 0.6 is 11.6 Å². The summed E-state index contributed by atoms with van der Waals surface area (Å²) in [7, 11) is 1.58. The zero-order chi connectivity index (χ0) is 15.4. The maximum atomic E-state index is 13.5. The molecule has 0 fully saturated rings. The van der Waals surface area contributed by atoms with Crippen molar-refractivity contribution in [2.75, 3.05) is 12.8 Å². The molecule has 2 aromatic carbocycles. The monoisotopic (exact) mass is 308 g/mol. The van der Waals surface area contributed by atoms with Crippen LogP contribution in [0.1, 0.15) is 15.9 Å². The van der Waals surface area contributed by atoms with E-state index in [4.69, 9.17) is 22.1 Å².